The van der Waals surface area contributed by atoms with Crippen molar-refractivity contribution in [2.75, 3.05) is 17.6 Å². The molecule has 0 aliphatic rings. The molecule has 0 unspecified atom stereocenters. The van der Waals surface area contributed by atoms with Crippen LogP contribution in [0.1, 0.15) is 13.8 Å². The molecule has 0 aliphatic carbocycles. The predicted octanol–water partition coefficient (Wildman–Crippen LogP) is 3.75. The van der Waals surface area contributed by atoms with E-state index in [9.17, 15) is 8.42 Å². The Morgan fingerprint density at radius 3 is 2.78 bits per heavy atom. The number of aromatic nitrogens is 2. The highest BCUT2D eigenvalue weighted by Gasteiger charge is 2.22. The fraction of sp³-hybridized carbons (Fsp3) is 0.385. The maximum atomic E-state index is 12.5. The van der Waals surface area contributed by atoms with Gasteiger partial charge >= 0.3 is 0 Å². The van der Waals surface area contributed by atoms with Gasteiger partial charge in [-0.1, -0.05) is 48.5 Å². The second kappa shape index (κ2) is 7.69. The van der Waals surface area contributed by atoms with Gasteiger partial charge in [-0.2, -0.15) is 0 Å². The summed E-state index contributed by atoms with van der Waals surface area (Å²) in [5.41, 5.74) is 0. The van der Waals surface area contributed by atoms with E-state index >= 15 is 0 Å². The lowest BCUT2D eigenvalue weighted by atomic mass is 10.3. The SMILES string of the molecule is COc1ccc(Cl)cc1S(=O)(=O)Nc1nnc(SCC(C)C)s1. The first kappa shape index (κ1) is 18.3. The lowest BCUT2D eigenvalue weighted by molar-refractivity contribution is 0.403. The Balaban J connectivity index is 2.20. The topological polar surface area (TPSA) is 81.2 Å². The molecule has 2 aromatic rings. The summed E-state index contributed by atoms with van der Waals surface area (Å²) in [4.78, 5) is -0.0425. The highest BCUT2D eigenvalue weighted by molar-refractivity contribution is 8.01. The van der Waals surface area contributed by atoms with Gasteiger partial charge in [0, 0.05) is 10.8 Å². The number of benzene rings is 1. The van der Waals surface area contributed by atoms with Gasteiger partial charge in [0.15, 0.2) is 4.34 Å². The molecule has 10 heteroatoms. The molecule has 0 spiro atoms. The van der Waals surface area contributed by atoms with Crippen molar-refractivity contribution in [3.05, 3.63) is 23.2 Å². The summed E-state index contributed by atoms with van der Waals surface area (Å²) in [5, 5.41) is 8.35. The Morgan fingerprint density at radius 2 is 2.13 bits per heavy atom. The molecule has 126 valence electrons. The van der Waals surface area contributed by atoms with E-state index in [1.807, 2.05) is 0 Å². The third-order valence-corrected chi connectivity index (χ3v) is 6.71. The van der Waals surface area contributed by atoms with Crippen molar-refractivity contribution in [1.29, 1.82) is 0 Å². The second-order valence-corrected chi connectivity index (χ2v) is 9.31. The number of nitrogens with zero attached hydrogens (tertiary/aromatic N) is 2. The van der Waals surface area contributed by atoms with Gasteiger partial charge in [-0.25, -0.2) is 8.42 Å². The smallest absolute Gasteiger partial charge is 0.267 e. The summed E-state index contributed by atoms with van der Waals surface area (Å²) in [5.74, 6) is 1.62. The number of hydrogen-bond donors (Lipinski definition) is 1. The lowest BCUT2D eigenvalue weighted by Crippen LogP contribution is -2.14. The van der Waals surface area contributed by atoms with Gasteiger partial charge in [-0.15, -0.1) is 10.2 Å². The van der Waals surface area contributed by atoms with Crippen molar-refractivity contribution >= 4 is 49.9 Å². The number of methoxy groups -OCH3 is 1. The Kier molecular flexibility index (Phi) is 6.12. The van der Waals surface area contributed by atoms with Crippen LogP contribution in [-0.4, -0.2) is 31.5 Å². The van der Waals surface area contributed by atoms with Crippen LogP contribution in [0.2, 0.25) is 5.02 Å². The Morgan fingerprint density at radius 1 is 1.39 bits per heavy atom. The third kappa shape index (κ3) is 4.97. The fourth-order valence-corrected chi connectivity index (χ4v) is 4.97. The lowest BCUT2D eigenvalue weighted by Gasteiger charge is -2.09. The van der Waals surface area contributed by atoms with Crippen molar-refractivity contribution in [1.82, 2.24) is 10.2 Å². The van der Waals surface area contributed by atoms with E-state index in [1.54, 1.807) is 17.8 Å². The summed E-state index contributed by atoms with van der Waals surface area (Å²) in [6, 6.07) is 4.39. The van der Waals surface area contributed by atoms with Crippen LogP contribution in [0, 0.1) is 5.92 Å². The van der Waals surface area contributed by atoms with Crippen molar-refractivity contribution in [3.8, 4) is 5.75 Å². The van der Waals surface area contributed by atoms with Crippen LogP contribution < -0.4 is 9.46 Å². The zero-order valence-electron chi connectivity index (χ0n) is 12.7. The number of rotatable bonds is 7. The van der Waals surface area contributed by atoms with E-state index in [1.165, 1.54) is 30.6 Å². The minimum atomic E-state index is -3.86. The maximum absolute atomic E-state index is 12.5. The monoisotopic (exact) mass is 393 g/mol. The standard InChI is InChI=1S/C13H16ClN3O3S3/c1-8(2)7-21-13-16-15-12(22-13)17-23(18,19)11-6-9(14)4-5-10(11)20-3/h4-6,8H,7H2,1-3H3,(H,15,17). The highest BCUT2D eigenvalue weighted by atomic mass is 35.5. The molecular weight excluding hydrogens is 378 g/mol. The normalized spacial score (nSPS) is 11.7. The third-order valence-electron chi connectivity index (χ3n) is 2.58. The molecular formula is C13H16ClN3O3S3. The summed E-state index contributed by atoms with van der Waals surface area (Å²) in [6.07, 6.45) is 0. The van der Waals surface area contributed by atoms with E-state index in [2.05, 4.69) is 28.8 Å². The number of sulfonamides is 1. The van der Waals surface area contributed by atoms with E-state index in [0.717, 1.165) is 10.1 Å². The predicted molar refractivity (Wildman–Crippen MR) is 94.3 cm³/mol. The van der Waals surface area contributed by atoms with Gasteiger partial charge in [0.2, 0.25) is 5.13 Å². The summed E-state index contributed by atoms with van der Waals surface area (Å²) in [7, 11) is -2.46. The quantitative estimate of drug-likeness (QED) is 0.721. The van der Waals surface area contributed by atoms with Crippen LogP contribution in [0.15, 0.2) is 27.4 Å². The number of thioether (sulfide) groups is 1. The first-order valence-electron chi connectivity index (χ1n) is 6.64. The van der Waals surface area contributed by atoms with Gasteiger partial charge in [-0.05, 0) is 24.1 Å². The first-order chi connectivity index (χ1) is 10.8. The number of anilines is 1. The second-order valence-electron chi connectivity index (χ2n) is 4.98. The molecule has 0 fully saturated rings. The van der Waals surface area contributed by atoms with Crippen LogP contribution >= 0.6 is 34.7 Å². The molecule has 2 rings (SSSR count). The van der Waals surface area contributed by atoms with Gasteiger partial charge in [0.25, 0.3) is 10.0 Å². The summed E-state index contributed by atoms with van der Waals surface area (Å²) < 4.78 is 33.2. The summed E-state index contributed by atoms with van der Waals surface area (Å²) >= 11 is 8.62. The average Bonchev–Trinajstić information content (AvgIpc) is 2.92. The molecule has 6 nitrogen and oxygen atoms in total. The van der Waals surface area contributed by atoms with E-state index in [-0.39, 0.29) is 15.8 Å². The minimum Gasteiger partial charge on any atom is -0.495 e. The first-order valence-corrected chi connectivity index (χ1v) is 10.3. The largest absolute Gasteiger partial charge is 0.495 e. The van der Waals surface area contributed by atoms with E-state index in [4.69, 9.17) is 16.3 Å². The molecule has 0 saturated carbocycles. The fourth-order valence-electron chi connectivity index (χ4n) is 1.58. The van der Waals surface area contributed by atoms with Crippen LogP contribution in [-0.2, 0) is 10.0 Å². The maximum Gasteiger partial charge on any atom is 0.267 e. The van der Waals surface area contributed by atoms with Gasteiger partial charge in [0.1, 0.15) is 10.6 Å². The molecule has 1 heterocycles. The number of halogens is 1. The Hall–Kier alpha value is -1.03. The number of ether oxygens (including phenoxy) is 1. The molecule has 0 amide bonds. The molecule has 0 atom stereocenters. The minimum absolute atomic E-state index is 0.0425. The average molecular weight is 394 g/mol. The van der Waals surface area contributed by atoms with Crippen molar-refractivity contribution in [2.45, 2.75) is 23.1 Å². The molecule has 0 radical (unpaired) electrons. The van der Waals surface area contributed by atoms with Crippen LogP contribution in [0.3, 0.4) is 0 Å². The van der Waals surface area contributed by atoms with E-state index in [0.29, 0.717) is 10.9 Å². The number of nitrogens with one attached hydrogen (secondary N) is 1. The zero-order chi connectivity index (χ0) is 17.0. The molecule has 1 aromatic heterocycles. The van der Waals surface area contributed by atoms with Gasteiger partial charge in [-0.3, -0.25) is 4.72 Å². The molecule has 0 bridgehead atoms. The Bertz CT molecular complexity index is 778. The molecule has 1 N–H and O–H groups in total. The summed E-state index contributed by atoms with van der Waals surface area (Å²) in [6.45, 7) is 4.20. The van der Waals surface area contributed by atoms with E-state index < -0.39 is 10.0 Å². The molecule has 1 aromatic carbocycles. The molecule has 0 aliphatic heterocycles. The Labute approximate surface area is 148 Å². The van der Waals surface area contributed by atoms with Crippen LogP contribution in [0.5, 0.6) is 5.75 Å². The number of hydrogen-bond acceptors (Lipinski definition) is 7. The molecule has 0 saturated heterocycles. The van der Waals surface area contributed by atoms with Crippen molar-refractivity contribution < 1.29 is 13.2 Å². The van der Waals surface area contributed by atoms with Gasteiger partial charge in [0.05, 0.1) is 7.11 Å². The highest BCUT2D eigenvalue weighted by Crippen LogP contribution is 2.31. The van der Waals surface area contributed by atoms with Gasteiger partial charge < -0.3 is 4.74 Å². The van der Waals surface area contributed by atoms with Crippen molar-refractivity contribution in [2.24, 2.45) is 5.92 Å². The zero-order valence-corrected chi connectivity index (χ0v) is 15.9. The molecule has 23 heavy (non-hydrogen) atoms. The van der Waals surface area contributed by atoms with Crippen LogP contribution in [0.4, 0.5) is 5.13 Å². The van der Waals surface area contributed by atoms with Crippen molar-refractivity contribution in [3.63, 3.8) is 0 Å². The van der Waals surface area contributed by atoms with Crippen LogP contribution in [0.25, 0.3) is 0 Å².